The van der Waals surface area contributed by atoms with Gasteiger partial charge >= 0.3 is 0 Å². The van der Waals surface area contributed by atoms with Crippen LogP contribution >= 0.6 is 11.3 Å². The maximum Gasteiger partial charge on any atom is 0.0943 e. The number of aliphatic hydroxyl groups is 1. The number of nitrogens with one attached hydrogen (secondary N) is 1. The van der Waals surface area contributed by atoms with Gasteiger partial charge in [0.15, 0.2) is 0 Å². The highest BCUT2D eigenvalue weighted by Gasteiger charge is 2.17. The molecular formula is C11H18N2OS. The maximum absolute atomic E-state index is 9.05. The molecule has 0 aromatic carbocycles. The lowest BCUT2D eigenvalue weighted by molar-refractivity contribution is 0.274. The summed E-state index contributed by atoms with van der Waals surface area (Å²) in [5, 5.41) is 13.7. The summed E-state index contributed by atoms with van der Waals surface area (Å²) >= 11 is 1.74. The van der Waals surface area contributed by atoms with Crippen molar-refractivity contribution in [2.75, 3.05) is 13.2 Å². The first-order valence-electron chi connectivity index (χ1n) is 5.58. The summed E-state index contributed by atoms with van der Waals surface area (Å²) in [6.07, 6.45) is 5.51. The first-order valence-corrected chi connectivity index (χ1v) is 6.40. The van der Waals surface area contributed by atoms with Gasteiger partial charge in [0.25, 0.3) is 0 Å². The van der Waals surface area contributed by atoms with Crippen molar-refractivity contribution in [1.29, 1.82) is 0 Å². The van der Waals surface area contributed by atoms with Crippen LogP contribution in [0.15, 0.2) is 6.20 Å². The lowest BCUT2D eigenvalue weighted by Gasteiger charge is -2.06. The first-order chi connectivity index (χ1) is 7.29. The number of aromatic nitrogens is 1. The van der Waals surface area contributed by atoms with Gasteiger partial charge in [-0.1, -0.05) is 6.92 Å². The molecule has 1 aliphatic rings. The number of hydrogen-bond donors (Lipinski definition) is 2. The van der Waals surface area contributed by atoms with E-state index in [0.29, 0.717) is 6.04 Å². The van der Waals surface area contributed by atoms with E-state index in [1.165, 1.54) is 22.7 Å². The number of nitrogens with zero attached hydrogens (tertiary/aromatic N) is 1. The summed E-state index contributed by atoms with van der Waals surface area (Å²) in [6.45, 7) is 3.39. The topological polar surface area (TPSA) is 45.2 Å². The highest BCUT2D eigenvalue weighted by Crippen LogP contribution is 2.23. The minimum Gasteiger partial charge on any atom is -0.396 e. The molecule has 0 amide bonds. The van der Waals surface area contributed by atoms with Gasteiger partial charge < -0.3 is 10.4 Å². The number of aliphatic hydroxyl groups excluding tert-OH is 1. The van der Waals surface area contributed by atoms with E-state index in [1.54, 1.807) is 11.3 Å². The largest absolute Gasteiger partial charge is 0.396 e. The van der Waals surface area contributed by atoms with Crippen molar-refractivity contribution in [1.82, 2.24) is 10.3 Å². The van der Waals surface area contributed by atoms with Crippen molar-refractivity contribution in [3.63, 3.8) is 0 Å². The predicted octanol–water partition coefficient (Wildman–Crippen LogP) is 1.53. The zero-order valence-electron chi connectivity index (χ0n) is 9.07. The molecule has 3 nitrogen and oxygen atoms in total. The second-order valence-electron chi connectivity index (χ2n) is 4.24. The van der Waals surface area contributed by atoms with Gasteiger partial charge in [-0.3, -0.25) is 0 Å². The van der Waals surface area contributed by atoms with Gasteiger partial charge in [-0.25, -0.2) is 4.98 Å². The average molecular weight is 226 g/mol. The number of thiazole rings is 1. The van der Waals surface area contributed by atoms with Gasteiger partial charge in [0.1, 0.15) is 0 Å². The molecule has 15 heavy (non-hydrogen) atoms. The molecule has 0 aliphatic carbocycles. The molecule has 0 saturated carbocycles. The van der Waals surface area contributed by atoms with E-state index in [0.717, 1.165) is 13.0 Å². The Morgan fingerprint density at radius 1 is 1.73 bits per heavy atom. The molecule has 1 saturated heterocycles. The molecule has 1 aromatic heterocycles. The Bertz CT molecular complexity index is 307. The predicted molar refractivity (Wildman–Crippen MR) is 62.3 cm³/mol. The summed E-state index contributed by atoms with van der Waals surface area (Å²) in [5.74, 6) is 0.229. The van der Waals surface area contributed by atoms with E-state index < -0.39 is 0 Å². The molecule has 2 N–H and O–H groups in total. The molecule has 2 heterocycles. The van der Waals surface area contributed by atoms with Crippen molar-refractivity contribution >= 4 is 11.3 Å². The van der Waals surface area contributed by atoms with Crippen molar-refractivity contribution in [3.8, 4) is 0 Å². The quantitative estimate of drug-likeness (QED) is 0.818. The van der Waals surface area contributed by atoms with Crippen LogP contribution in [0.1, 0.15) is 35.6 Å². The number of hydrogen-bond acceptors (Lipinski definition) is 4. The SMILES string of the molecule is CC(CO)c1cnc(CC2CCCN2)s1. The second-order valence-corrected chi connectivity index (χ2v) is 5.38. The minimum absolute atomic E-state index is 0.212. The van der Waals surface area contributed by atoms with Crippen LogP contribution in [0.25, 0.3) is 0 Å². The van der Waals surface area contributed by atoms with Gasteiger partial charge in [-0.05, 0) is 19.4 Å². The highest BCUT2D eigenvalue weighted by molar-refractivity contribution is 7.11. The summed E-state index contributed by atoms with van der Waals surface area (Å²) in [4.78, 5) is 5.62. The molecule has 1 aromatic rings. The molecule has 2 atom stereocenters. The van der Waals surface area contributed by atoms with Gasteiger partial charge in [0.2, 0.25) is 0 Å². The molecule has 0 bridgehead atoms. The van der Waals surface area contributed by atoms with Crippen LogP contribution in [0.2, 0.25) is 0 Å². The summed E-state index contributed by atoms with van der Waals surface area (Å²) in [7, 11) is 0. The smallest absolute Gasteiger partial charge is 0.0943 e. The molecule has 2 rings (SSSR count). The fourth-order valence-electron chi connectivity index (χ4n) is 1.88. The highest BCUT2D eigenvalue weighted by atomic mass is 32.1. The zero-order valence-corrected chi connectivity index (χ0v) is 9.89. The van der Waals surface area contributed by atoms with Crippen LogP contribution in [0.4, 0.5) is 0 Å². The molecule has 84 valence electrons. The third kappa shape index (κ3) is 2.77. The van der Waals surface area contributed by atoms with Crippen molar-refractivity contribution in [2.24, 2.45) is 0 Å². The third-order valence-electron chi connectivity index (χ3n) is 2.91. The second kappa shape index (κ2) is 5.05. The lowest BCUT2D eigenvalue weighted by Crippen LogP contribution is -2.23. The summed E-state index contributed by atoms with van der Waals surface area (Å²) < 4.78 is 0. The minimum atomic E-state index is 0.212. The van der Waals surface area contributed by atoms with E-state index in [4.69, 9.17) is 5.11 Å². The molecule has 1 fully saturated rings. The van der Waals surface area contributed by atoms with Crippen LogP contribution in [-0.4, -0.2) is 29.3 Å². The molecular weight excluding hydrogens is 208 g/mol. The summed E-state index contributed by atoms with van der Waals surface area (Å²) in [5.41, 5.74) is 0. The van der Waals surface area contributed by atoms with Crippen molar-refractivity contribution in [3.05, 3.63) is 16.1 Å². The fraction of sp³-hybridized carbons (Fsp3) is 0.727. The van der Waals surface area contributed by atoms with E-state index in [1.807, 2.05) is 13.1 Å². The monoisotopic (exact) mass is 226 g/mol. The Kier molecular flexibility index (Phi) is 3.72. The Hall–Kier alpha value is -0.450. The average Bonchev–Trinajstić information content (AvgIpc) is 2.88. The molecule has 1 aliphatic heterocycles. The lowest BCUT2D eigenvalue weighted by atomic mass is 10.2. The fourth-order valence-corrected chi connectivity index (χ4v) is 2.92. The van der Waals surface area contributed by atoms with Crippen LogP contribution < -0.4 is 5.32 Å². The van der Waals surface area contributed by atoms with E-state index in [2.05, 4.69) is 10.3 Å². The normalized spacial score (nSPS) is 23.2. The third-order valence-corrected chi connectivity index (χ3v) is 4.17. The van der Waals surface area contributed by atoms with Crippen LogP contribution in [0.3, 0.4) is 0 Å². The van der Waals surface area contributed by atoms with Crippen molar-refractivity contribution in [2.45, 2.75) is 38.1 Å². The van der Waals surface area contributed by atoms with Crippen LogP contribution in [0.5, 0.6) is 0 Å². The Labute approximate surface area is 94.5 Å². The van der Waals surface area contributed by atoms with Crippen LogP contribution in [0, 0.1) is 0 Å². The van der Waals surface area contributed by atoms with Gasteiger partial charge in [-0.15, -0.1) is 11.3 Å². The van der Waals surface area contributed by atoms with E-state index in [9.17, 15) is 0 Å². The van der Waals surface area contributed by atoms with Crippen LogP contribution in [-0.2, 0) is 6.42 Å². The van der Waals surface area contributed by atoms with E-state index in [-0.39, 0.29) is 12.5 Å². The molecule has 4 heteroatoms. The van der Waals surface area contributed by atoms with Gasteiger partial charge in [0.05, 0.1) is 11.6 Å². The Balaban J connectivity index is 1.94. The van der Waals surface area contributed by atoms with Gasteiger partial charge in [0, 0.05) is 29.5 Å². The van der Waals surface area contributed by atoms with E-state index >= 15 is 0 Å². The maximum atomic E-state index is 9.05. The first kappa shape index (κ1) is 11.0. The Morgan fingerprint density at radius 2 is 2.60 bits per heavy atom. The molecule has 0 radical (unpaired) electrons. The standard InChI is InChI=1S/C11H18N2OS/c1-8(7-14)10-6-13-11(15-10)5-9-3-2-4-12-9/h6,8-9,12,14H,2-5,7H2,1H3. The van der Waals surface area contributed by atoms with Gasteiger partial charge in [-0.2, -0.15) is 0 Å². The zero-order chi connectivity index (χ0) is 10.7. The Morgan fingerprint density at radius 3 is 3.27 bits per heavy atom. The number of rotatable bonds is 4. The molecule has 2 unspecified atom stereocenters. The summed E-state index contributed by atoms with van der Waals surface area (Å²) in [6, 6.07) is 0.619. The molecule has 0 spiro atoms. The van der Waals surface area contributed by atoms with Crippen molar-refractivity contribution < 1.29 is 5.11 Å².